The molecule has 0 saturated heterocycles. The molecule has 8 nitrogen and oxygen atoms in total. The van der Waals surface area contributed by atoms with E-state index in [1.54, 1.807) is 0 Å². The molecule has 0 aliphatic carbocycles. The van der Waals surface area contributed by atoms with Crippen LogP contribution in [0.5, 0.6) is 0 Å². The van der Waals surface area contributed by atoms with Gasteiger partial charge in [-0.3, -0.25) is 4.79 Å². The number of rotatable bonds is 9. The van der Waals surface area contributed by atoms with E-state index in [1.165, 1.54) is 11.9 Å². The van der Waals surface area contributed by atoms with Crippen molar-refractivity contribution >= 4 is 17.9 Å². The van der Waals surface area contributed by atoms with Crippen LogP contribution < -0.4 is 11.1 Å². The highest BCUT2D eigenvalue weighted by atomic mass is 16.4. The predicted molar refractivity (Wildman–Crippen MR) is 67.3 cm³/mol. The molecule has 0 spiro atoms. The van der Waals surface area contributed by atoms with Gasteiger partial charge in [0.25, 0.3) is 0 Å². The second kappa shape index (κ2) is 9.15. The third kappa shape index (κ3) is 7.98. The van der Waals surface area contributed by atoms with E-state index in [4.69, 9.17) is 15.9 Å². The minimum Gasteiger partial charge on any atom is -0.480 e. The minimum absolute atomic E-state index is 0.107. The Hall–Kier alpha value is -1.83. The number of nitrogens with zero attached hydrogens (tertiary/aromatic N) is 1. The zero-order chi connectivity index (χ0) is 14.8. The number of carboxylic acids is 1. The SMILES string of the molecule is CN(CCCCCO)C(=O)N[C@H](CC(N)=O)C(=O)O. The second-order valence-electron chi connectivity index (χ2n) is 4.22. The average molecular weight is 275 g/mol. The molecule has 0 radical (unpaired) electrons. The minimum atomic E-state index is -1.31. The Labute approximate surface area is 111 Å². The number of nitrogens with one attached hydrogen (secondary N) is 1. The van der Waals surface area contributed by atoms with Crippen LogP contribution >= 0.6 is 0 Å². The lowest BCUT2D eigenvalue weighted by atomic mass is 10.2. The number of carbonyl (C=O) groups is 3. The van der Waals surface area contributed by atoms with Gasteiger partial charge in [0.05, 0.1) is 6.42 Å². The molecule has 0 aromatic heterocycles. The Morgan fingerprint density at radius 1 is 1.26 bits per heavy atom. The lowest BCUT2D eigenvalue weighted by Gasteiger charge is -2.20. The van der Waals surface area contributed by atoms with Crippen molar-refractivity contribution in [1.29, 1.82) is 0 Å². The number of hydrogen-bond donors (Lipinski definition) is 4. The lowest BCUT2D eigenvalue weighted by molar-refractivity contribution is -0.140. The molecular formula is C11H21N3O5. The van der Waals surface area contributed by atoms with Crippen LogP contribution in [0.2, 0.25) is 0 Å². The summed E-state index contributed by atoms with van der Waals surface area (Å²) in [6.45, 7) is 0.546. The van der Waals surface area contributed by atoms with Crippen molar-refractivity contribution in [3.8, 4) is 0 Å². The quantitative estimate of drug-likeness (QED) is 0.405. The number of aliphatic hydroxyl groups is 1. The second-order valence-corrected chi connectivity index (χ2v) is 4.22. The number of amides is 3. The van der Waals surface area contributed by atoms with E-state index in [2.05, 4.69) is 5.32 Å². The maximum atomic E-state index is 11.7. The average Bonchev–Trinajstić information content (AvgIpc) is 2.32. The van der Waals surface area contributed by atoms with E-state index in [-0.39, 0.29) is 6.61 Å². The van der Waals surface area contributed by atoms with Crippen LogP contribution in [0.3, 0.4) is 0 Å². The van der Waals surface area contributed by atoms with Crippen LogP contribution in [0.15, 0.2) is 0 Å². The number of aliphatic hydroxyl groups excluding tert-OH is 1. The molecule has 0 rings (SSSR count). The molecule has 0 unspecified atom stereocenters. The first kappa shape index (κ1) is 17.2. The summed E-state index contributed by atoms with van der Waals surface area (Å²) in [5, 5.41) is 19.7. The number of carbonyl (C=O) groups excluding carboxylic acids is 2. The van der Waals surface area contributed by atoms with Crippen LogP contribution in [0.25, 0.3) is 0 Å². The van der Waals surface area contributed by atoms with Gasteiger partial charge in [-0.25, -0.2) is 9.59 Å². The van der Waals surface area contributed by atoms with Crippen LogP contribution in [-0.2, 0) is 9.59 Å². The van der Waals surface area contributed by atoms with Crippen LogP contribution in [0.4, 0.5) is 4.79 Å². The van der Waals surface area contributed by atoms with E-state index in [0.29, 0.717) is 19.4 Å². The Bertz CT molecular complexity index is 321. The standard InChI is InChI=1S/C11H21N3O5/c1-14(5-3-2-4-6-15)11(19)13-8(10(17)18)7-9(12)16/h8,15H,2-7H2,1H3,(H2,12,16)(H,13,19)(H,17,18)/t8-/m1/s1. The number of unbranched alkanes of at least 4 members (excludes halogenated alkanes) is 2. The third-order valence-electron chi connectivity index (χ3n) is 2.50. The van der Waals surface area contributed by atoms with Gasteiger partial charge in [-0.05, 0) is 19.3 Å². The molecular weight excluding hydrogens is 254 g/mol. The summed E-state index contributed by atoms with van der Waals surface area (Å²) < 4.78 is 0. The molecule has 19 heavy (non-hydrogen) atoms. The maximum absolute atomic E-state index is 11.7. The van der Waals surface area contributed by atoms with E-state index >= 15 is 0 Å². The fourth-order valence-corrected chi connectivity index (χ4v) is 1.40. The van der Waals surface area contributed by atoms with Gasteiger partial charge in [-0.15, -0.1) is 0 Å². The van der Waals surface area contributed by atoms with E-state index in [1.807, 2.05) is 0 Å². The number of nitrogens with two attached hydrogens (primary N) is 1. The number of carboxylic acid groups (broad SMARTS) is 1. The van der Waals surface area contributed by atoms with Crippen molar-refractivity contribution in [2.24, 2.45) is 5.73 Å². The molecule has 1 atom stereocenters. The van der Waals surface area contributed by atoms with Gasteiger partial charge >= 0.3 is 12.0 Å². The molecule has 0 aromatic rings. The van der Waals surface area contributed by atoms with Crippen molar-refractivity contribution in [2.45, 2.75) is 31.7 Å². The van der Waals surface area contributed by atoms with E-state index < -0.39 is 30.4 Å². The maximum Gasteiger partial charge on any atom is 0.326 e. The van der Waals surface area contributed by atoms with Crippen molar-refractivity contribution in [3.05, 3.63) is 0 Å². The largest absolute Gasteiger partial charge is 0.480 e. The highest BCUT2D eigenvalue weighted by molar-refractivity contribution is 5.87. The number of primary amides is 1. The van der Waals surface area contributed by atoms with Gasteiger partial charge in [-0.2, -0.15) is 0 Å². The molecule has 8 heteroatoms. The third-order valence-corrected chi connectivity index (χ3v) is 2.50. The van der Waals surface area contributed by atoms with E-state index in [9.17, 15) is 14.4 Å². The van der Waals surface area contributed by atoms with Gasteiger partial charge in [-0.1, -0.05) is 0 Å². The van der Waals surface area contributed by atoms with Gasteiger partial charge < -0.3 is 26.2 Å². The first-order valence-electron chi connectivity index (χ1n) is 6.02. The summed E-state index contributed by atoms with van der Waals surface area (Å²) >= 11 is 0. The molecule has 0 bridgehead atoms. The van der Waals surface area contributed by atoms with Gasteiger partial charge in [0.15, 0.2) is 0 Å². The fourth-order valence-electron chi connectivity index (χ4n) is 1.40. The Balaban J connectivity index is 4.16. The summed E-state index contributed by atoms with van der Waals surface area (Å²) in [5.74, 6) is -2.10. The zero-order valence-corrected chi connectivity index (χ0v) is 11.0. The number of hydrogen-bond acceptors (Lipinski definition) is 4. The van der Waals surface area contributed by atoms with Gasteiger partial charge in [0, 0.05) is 20.2 Å². The van der Waals surface area contributed by atoms with Crippen molar-refractivity contribution in [1.82, 2.24) is 10.2 Å². The molecule has 0 heterocycles. The van der Waals surface area contributed by atoms with Crippen molar-refractivity contribution < 1.29 is 24.6 Å². The molecule has 0 saturated carbocycles. The smallest absolute Gasteiger partial charge is 0.326 e. The lowest BCUT2D eigenvalue weighted by Crippen LogP contribution is -2.48. The Kier molecular flexibility index (Phi) is 8.27. The first-order chi connectivity index (χ1) is 8.88. The number of aliphatic carboxylic acids is 1. The Morgan fingerprint density at radius 2 is 1.89 bits per heavy atom. The van der Waals surface area contributed by atoms with Crippen LogP contribution in [-0.4, -0.2) is 59.3 Å². The zero-order valence-electron chi connectivity index (χ0n) is 11.0. The fraction of sp³-hybridized carbons (Fsp3) is 0.727. The molecule has 0 aliphatic rings. The predicted octanol–water partition coefficient (Wildman–Crippen LogP) is -0.881. The summed E-state index contributed by atoms with van der Waals surface area (Å²) in [4.78, 5) is 34.5. The molecule has 0 aromatic carbocycles. The normalized spacial score (nSPS) is 11.7. The van der Waals surface area contributed by atoms with E-state index in [0.717, 1.165) is 6.42 Å². The van der Waals surface area contributed by atoms with Crippen molar-refractivity contribution in [3.63, 3.8) is 0 Å². The molecule has 0 fully saturated rings. The van der Waals surface area contributed by atoms with Crippen LogP contribution in [0.1, 0.15) is 25.7 Å². The summed E-state index contributed by atoms with van der Waals surface area (Å²) in [6.07, 6.45) is 1.70. The monoisotopic (exact) mass is 275 g/mol. The van der Waals surface area contributed by atoms with Crippen LogP contribution in [0, 0.1) is 0 Å². The highest BCUT2D eigenvalue weighted by Gasteiger charge is 2.23. The molecule has 0 aliphatic heterocycles. The van der Waals surface area contributed by atoms with Crippen molar-refractivity contribution in [2.75, 3.05) is 20.2 Å². The Morgan fingerprint density at radius 3 is 2.37 bits per heavy atom. The first-order valence-corrected chi connectivity index (χ1v) is 6.02. The number of urea groups is 1. The molecule has 3 amide bonds. The highest BCUT2D eigenvalue weighted by Crippen LogP contribution is 1.99. The van der Waals surface area contributed by atoms with Gasteiger partial charge in [0.2, 0.25) is 5.91 Å². The molecule has 5 N–H and O–H groups in total. The molecule has 110 valence electrons. The summed E-state index contributed by atoms with van der Waals surface area (Å²) in [5.41, 5.74) is 4.91. The topological polar surface area (TPSA) is 133 Å². The summed E-state index contributed by atoms with van der Waals surface area (Å²) in [7, 11) is 1.53. The van der Waals surface area contributed by atoms with Gasteiger partial charge in [0.1, 0.15) is 6.04 Å². The summed E-state index contributed by atoms with van der Waals surface area (Å²) in [6, 6.07) is -1.89.